The van der Waals surface area contributed by atoms with E-state index in [4.69, 9.17) is 4.98 Å². The molecule has 2 aromatic heterocycles. The van der Waals surface area contributed by atoms with E-state index in [9.17, 15) is 4.39 Å². The number of imidazole rings is 1. The molecule has 0 saturated heterocycles. The van der Waals surface area contributed by atoms with Gasteiger partial charge in [-0.1, -0.05) is 18.9 Å². The van der Waals surface area contributed by atoms with Crippen LogP contribution in [-0.2, 0) is 0 Å². The van der Waals surface area contributed by atoms with Crippen molar-refractivity contribution in [3.8, 4) is 0 Å². The molecule has 3 heterocycles. The second kappa shape index (κ2) is 6.24. The SMILES string of the molecule is FC1=CCC(=c2ncn(C3CCCC3)c2=C2CC=Nc3[nH]ccc32)C=C1. The molecule has 5 rings (SSSR count). The minimum absolute atomic E-state index is 0.170. The Bertz CT molecular complexity index is 1060. The van der Waals surface area contributed by atoms with Gasteiger partial charge in [0.25, 0.3) is 0 Å². The standard InChI is InChI=1S/C21H21FN4/c22-15-7-5-14(6-8-15)19-20(26(13-25-19)16-3-1-2-4-16)17-9-11-23-21-18(17)10-12-24-21/h5,7-8,10-13,16,24H,1-4,6,9H2. The van der Waals surface area contributed by atoms with Gasteiger partial charge in [0.2, 0.25) is 0 Å². The van der Waals surface area contributed by atoms with E-state index in [1.807, 2.05) is 24.8 Å². The van der Waals surface area contributed by atoms with Crippen molar-refractivity contribution in [2.75, 3.05) is 0 Å². The summed E-state index contributed by atoms with van der Waals surface area (Å²) < 4.78 is 15.8. The zero-order valence-corrected chi connectivity index (χ0v) is 14.6. The number of nitrogens with zero attached hydrogens (tertiary/aromatic N) is 3. The van der Waals surface area contributed by atoms with Crippen LogP contribution in [0.2, 0.25) is 0 Å². The highest BCUT2D eigenvalue weighted by Gasteiger charge is 2.22. The van der Waals surface area contributed by atoms with E-state index in [1.54, 1.807) is 6.08 Å². The van der Waals surface area contributed by atoms with Crippen molar-refractivity contribution in [2.45, 2.75) is 44.6 Å². The molecule has 1 N–H and O–H groups in total. The Morgan fingerprint density at radius 2 is 2.04 bits per heavy atom. The van der Waals surface area contributed by atoms with Crippen LogP contribution in [0.5, 0.6) is 0 Å². The van der Waals surface area contributed by atoms with E-state index in [0.717, 1.165) is 28.7 Å². The zero-order valence-electron chi connectivity index (χ0n) is 14.6. The van der Waals surface area contributed by atoms with Crippen LogP contribution in [-0.4, -0.2) is 20.7 Å². The normalized spacial score (nSPS) is 24.1. The third kappa shape index (κ3) is 2.50. The highest BCUT2D eigenvalue weighted by molar-refractivity contribution is 5.88. The number of hydrogen-bond acceptors (Lipinski definition) is 2. The largest absolute Gasteiger partial charge is 0.346 e. The number of hydrogen-bond donors (Lipinski definition) is 1. The maximum Gasteiger partial charge on any atom is 0.137 e. The smallest absolute Gasteiger partial charge is 0.137 e. The summed E-state index contributed by atoms with van der Waals surface area (Å²) in [5.41, 5.74) is 3.48. The van der Waals surface area contributed by atoms with Crippen LogP contribution in [0.1, 0.15) is 50.1 Å². The van der Waals surface area contributed by atoms with Crippen LogP contribution < -0.4 is 10.7 Å². The molecule has 0 atom stereocenters. The molecule has 0 amide bonds. The maximum absolute atomic E-state index is 13.4. The van der Waals surface area contributed by atoms with E-state index in [2.05, 4.69) is 20.6 Å². The predicted octanol–water partition coefficient (Wildman–Crippen LogP) is 3.60. The van der Waals surface area contributed by atoms with Gasteiger partial charge in [-0.3, -0.25) is 0 Å². The second-order valence-electron chi connectivity index (χ2n) is 7.17. The number of aromatic nitrogens is 3. The third-order valence-corrected chi connectivity index (χ3v) is 5.63. The number of nitrogens with one attached hydrogen (secondary N) is 1. The Balaban J connectivity index is 1.82. The molecule has 0 bridgehead atoms. The number of aromatic amines is 1. The van der Waals surface area contributed by atoms with Gasteiger partial charge in [-0.15, -0.1) is 0 Å². The summed E-state index contributed by atoms with van der Waals surface area (Å²) >= 11 is 0. The number of rotatable bonds is 1. The van der Waals surface area contributed by atoms with Gasteiger partial charge in [0.1, 0.15) is 11.6 Å². The summed E-state index contributed by atoms with van der Waals surface area (Å²) in [4.78, 5) is 12.5. The highest BCUT2D eigenvalue weighted by atomic mass is 19.1. The van der Waals surface area contributed by atoms with Crippen LogP contribution in [0, 0.1) is 0 Å². The van der Waals surface area contributed by atoms with Gasteiger partial charge < -0.3 is 9.55 Å². The first-order valence-electron chi connectivity index (χ1n) is 9.34. The fourth-order valence-electron chi connectivity index (χ4n) is 4.33. The Hall–Kier alpha value is -2.69. The van der Waals surface area contributed by atoms with Crippen molar-refractivity contribution in [1.29, 1.82) is 0 Å². The zero-order chi connectivity index (χ0) is 17.5. The van der Waals surface area contributed by atoms with E-state index < -0.39 is 0 Å². The maximum atomic E-state index is 13.4. The Kier molecular flexibility index (Phi) is 3.73. The van der Waals surface area contributed by atoms with Crippen molar-refractivity contribution >= 4 is 23.2 Å². The fraction of sp³-hybridized carbons (Fsp3) is 0.333. The van der Waals surface area contributed by atoms with E-state index in [1.165, 1.54) is 42.7 Å². The topological polar surface area (TPSA) is 46.0 Å². The van der Waals surface area contributed by atoms with E-state index >= 15 is 0 Å². The van der Waals surface area contributed by atoms with Crippen molar-refractivity contribution in [3.05, 3.63) is 58.9 Å². The highest BCUT2D eigenvalue weighted by Crippen LogP contribution is 2.31. The van der Waals surface area contributed by atoms with Crippen LogP contribution in [0.15, 0.2) is 47.6 Å². The number of H-pyrrole nitrogens is 1. The molecule has 2 aromatic rings. The van der Waals surface area contributed by atoms with Crippen molar-refractivity contribution in [3.63, 3.8) is 0 Å². The first kappa shape index (κ1) is 15.6. The fourth-order valence-corrected chi connectivity index (χ4v) is 4.33. The molecule has 0 radical (unpaired) electrons. The molecule has 1 saturated carbocycles. The van der Waals surface area contributed by atoms with Crippen LogP contribution in [0.25, 0.3) is 11.1 Å². The average molecular weight is 348 g/mol. The number of aliphatic imine (C=N–C) groups is 1. The van der Waals surface area contributed by atoms with Gasteiger partial charge in [-0.05, 0) is 48.6 Å². The molecule has 26 heavy (non-hydrogen) atoms. The predicted molar refractivity (Wildman–Crippen MR) is 101 cm³/mol. The monoisotopic (exact) mass is 348 g/mol. The first-order valence-corrected chi connectivity index (χ1v) is 9.34. The molecule has 1 fully saturated rings. The van der Waals surface area contributed by atoms with E-state index in [0.29, 0.717) is 12.5 Å². The Morgan fingerprint density at radius 3 is 2.85 bits per heavy atom. The van der Waals surface area contributed by atoms with Crippen molar-refractivity contribution in [2.24, 2.45) is 4.99 Å². The first-order chi connectivity index (χ1) is 12.8. The molecule has 0 aromatic carbocycles. The molecular weight excluding hydrogens is 327 g/mol. The summed E-state index contributed by atoms with van der Waals surface area (Å²) in [5.74, 6) is 0.738. The van der Waals surface area contributed by atoms with Gasteiger partial charge in [0.15, 0.2) is 0 Å². The summed E-state index contributed by atoms with van der Waals surface area (Å²) in [6.45, 7) is 0. The minimum Gasteiger partial charge on any atom is -0.346 e. The average Bonchev–Trinajstić information content (AvgIpc) is 3.41. The van der Waals surface area contributed by atoms with Crippen molar-refractivity contribution < 1.29 is 4.39 Å². The van der Waals surface area contributed by atoms with Crippen molar-refractivity contribution in [1.82, 2.24) is 14.5 Å². The molecule has 3 aliphatic rings. The quantitative estimate of drug-likeness (QED) is 0.841. The van der Waals surface area contributed by atoms with Crippen LogP contribution in [0.3, 0.4) is 0 Å². The lowest BCUT2D eigenvalue weighted by Gasteiger charge is -2.16. The second-order valence-corrected chi connectivity index (χ2v) is 7.17. The van der Waals surface area contributed by atoms with Gasteiger partial charge in [0.05, 0.1) is 17.0 Å². The third-order valence-electron chi connectivity index (χ3n) is 5.63. The van der Waals surface area contributed by atoms with Gasteiger partial charge in [-0.25, -0.2) is 14.4 Å². The molecule has 2 aliphatic carbocycles. The molecule has 0 unspecified atom stereocenters. The van der Waals surface area contributed by atoms with Gasteiger partial charge in [0, 0.05) is 30.4 Å². The van der Waals surface area contributed by atoms with Crippen LogP contribution >= 0.6 is 0 Å². The molecular formula is C21H21FN4. The van der Waals surface area contributed by atoms with Crippen LogP contribution in [0.4, 0.5) is 10.2 Å². The molecule has 1 aliphatic heterocycles. The molecule has 5 heteroatoms. The lowest BCUT2D eigenvalue weighted by Crippen LogP contribution is -2.36. The summed E-state index contributed by atoms with van der Waals surface area (Å²) in [6, 6.07) is 2.60. The minimum atomic E-state index is -0.170. The van der Waals surface area contributed by atoms with E-state index in [-0.39, 0.29) is 5.83 Å². The van der Waals surface area contributed by atoms with Gasteiger partial charge in [-0.2, -0.15) is 0 Å². The Labute approximate surface area is 151 Å². The number of halogens is 1. The lowest BCUT2D eigenvalue weighted by molar-refractivity contribution is 0.506. The number of fused-ring (bicyclic) bond motifs is 1. The molecule has 0 spiro atoms. The number of allylic oxidation sites excluding steroid dienone is 4. The molecule has 132 valence electrons. The molecule has 4 nitrogen and oxygen atoms in total. The summed E-state index contributed by atoms with van der Waals surface area (Å²) in [5, 5.41) is 2.16. The summed E-state index contributed by atoms with van der Waals surface area (Å²) in [7, 11) is 0. The van der Waals surface area contributed by atoms with Gasteiger partial charge >= 0.3 is 0 Å². The Morgan fingerprint density at radius 1 is 1.15 bits per heavy atom. The summed E-state index contributed by atoms with van der Waals surface area (Å²) in [6.07, 6.45) is 17.2. The lowest BCUT2D eigenvalue weighted by atomic mass is 10.0.